The van der Waals surface area contributed by atoms with E-state index in [-0.39, 0.29) is 29.0 Å². The number of fused-ring (bicyclic) bond motifs is 2. The van der Waals surface area contributed by atoms with Gasteiger partial charge in [0, 0.05) is 25.1 Å². The average Bonchev–Trinajstić information content (AvgIpc) is 3.08. The maximum absolute atomic E-state index is 13.1. The summed E-state index contributed by atoms with van der Waals surface area (Å²) in [6.45, 7) is 12.8. The highest BCUT2D eigenvalue weighted by molar-refractivity contribution is 5.75. The SMILES string of the molecule is C=C1CCCC2(C)CC3OC(=O)C(CNC(Cc4ccccc4)C4CCOC(C)(C)C4)C3CC12. The minimum Gasteiger partial charge on any atom is -0.462 e. The van der Waals surface area contributed by atoms with Crippen LogP contribution in [0.1, 0.15) is 71.3 Å². The van der Waals surface area contributed by atoms with Crippen molar-refractivity contribution in [2.75, 3.05) is 13.2 Å². The molecular weight excluding hydrogens is 422 g/mol. The van der Waals surface area contributed by atoms with E-state index in [1.54, 1.807) is 0 Å². The number of ether oxygens (including phenoxy) is 2. The first kappa shape index (κ1) is 24.1. The standard InChI is InChI=1S/C30H43NO3/c1-20-9-8-13-30(4)18-27-23(16-25(20)30)24(28(32)34-27)19-31-26(15-21-10-6-5-7-11-21)22-12-14-33-29(2,3)17-22/h5-7,10-11,22-27,31H,1,8-9,12-19H2,2-4H3. The van der Waals surface area contributed by atoms with E-state index in [4.69, 9.17) is 9.47 Å². The maximum Gasteiger partial charge on any atom is 0.310 e. The van der Waals surface area contributed by atoms with E-state index in [0.717, 1.165) is 45.1 Å². The normalized spacial score (nSPS) is 38.0. The molecule has 186 valence electrons. The van der Waals surface area contributed by atoms with Gasteiger partial charge in [-0.2, -0.15) is 0 Å². The molecular formula is C30H43NO3. The third kappa shape index (κ3) is 4.86. The lowest BCUT2D eigenvalue weighted by Crippen LogP contribution is -2.49. The first-order valence-corrected chi connectivity index (χ1v) is 13.5. The highest BCUT2D eigenvalue weighted by Gasteiger charge is 2.55. The topological polar surface area (TPSA) is 47.6 Å². The number of carbonyl (C=O) groups is 1. The monoisotopic (exact) mass is 465 g/mol. The summed E-state index contributed by atoms with van der Waals surface area (Å²) in [5, 5.41) is 3.90. The molecule has 7 unspecified atom stereocenters. The van der Waals surface area contributed by atoms with Gasteiger partial charge in [-0.25, -0.2) is 0 Å². The van der Waals surface area contributed by atoms with E-state index < -0.39 is 0 Å². The molecule has 0 amide bonds. The van der Waals surface area contributed by atoms with Crippen LogP contribution in [0.4, 0.5) is 0 Å². The Balaban J connectivity index is 1.30. The smallest absolute Gasteiger partial charge is 0.310 e. The quantitative estimate of drug-likeness (QED) is 0.432. The highest BCUT2D eigenvalue weighted by Crippen LogP contribution is 2.56. The van der Waals surface area contributed by atoms with Crippen molar-refractivity contribution in [1.82, 2.24) is 5.32 Å². The molecule has 2 aliphatic carbocycles. The molecule has 0 bridgehead atoms. The molecule has 4 aliphatic rings. The van der Waals surface area contributed by atoms with Crippen LogP contribution in [0.3, 0.4) is 0 Å². The van der Waals surface area contributed by atoms with E-state index in [1.165, 1.54) is 24.0 Å². The molecule has 4 heteroatoms. The zero-order valence-corrected chi connectivity index (χ0v) is 21.4. The summed E-state index contributed by atoms with van der Waals surface area (Å²) in [5.41, 5.74) is 2.92. The third-order valence-corrected chi connectivity index (χ3v) is 9.52. The van der Waals surface area contributed by atoms with E-state index in [1.807, 2.05) is 0 Å². The molecule has 2 heterocycles. The summed E-state index contributed by atoms with van der Waals surface area (Å²) in [7, 11) is 0. The molecule has 2 saturated carbocycles. The van der Waals surface area contributed by atoms with Crippen LogP contribution >= 0.6 is 0 Å². The Hall–Kier alpha value is -1.65. The number of nitrogens with one attached hydrogen (secondary N) is 1. The van der Waals surface area contributed by atoms with Crippen LogP contribution in [0.25, 0.3) is 0 Å². The Morgan fingerprint density at radius 1 is 1.18 bits per heavy atom. The van der Waals surface area contributed by atoms with Gasteiger partial charge in [-0.05, 0) is 88.0 Å². The van der Waals surface area contributed by atoms with Crippen molar-refractivity contribution in [2.45, 2.75) is 89.9 Å². The summed E-state index contributed by atoms with van der Waals surface area (Å²) < 4.78 is 12.0. The van der Waals surface area contributed by atoms with Gasteiger partial charge in [0.25, 0.3) is 0 Å². The van der Waals surface area contributed by atoms with E-state index >= 15 is 0 Å². The Morgan fingerprint density at radius 2 is 1.97 bits per heavy atom. The van der Waals surface area contributed by atoms with Crippen molar-refractivity contribution >= 4 is 5.97 Å². The Morgan fingerprint density at radius 3 is 2.74 bits per heavy atom. The Bertz CT molecular complexity index is 896. The summed E-state index contributed by atoms with van der Waals surface area (Å²) in [5.74, 6) is 1.36. The summed E-state index contributed by atoms with van der Waals surface area (Å²) in [6.07, 6.45) is 8.85. The predicted molar refractivity (Wildman–Crippen MR) is 135 cm³/mol. The van der Waals surface area contributed by atoms with Crippen molar-refractivity contribution in [3.63, 3.8) is 0 Å². The first-order chi connectivity index (χ1) is 16.2. The fourth-order valence-electron chi connectivity index (χ4n) is 7.66. The Labute approximate surface area is 205 Å². The van der Waals surface area contributed by atoms with E-state index in [2.05, 4.69) is 63.0 Å². The second kappa shape index (κ2) is 9.43. The summed E-state index contributed by atoms with van der Waals surface area (Å²) in [6, 6.07) is 11.1. The van der Waals surface area contributed by atoms with Gasteiger partial charge in [-0.15, -0.1) is 0 Å². The zero-order valence-electron chi connectivity index (χ0n) is 21.4. The largest absolute Gasteiger partial charge is 0.462 e. The van der Waals surface area contributed by atoms with Crippen molar-refractivity contribution in [2.24, 2.45) is 29.1 Å². The molecule has 2 aliphatic heterocycles. The zero-order chi connectivity index (χ0) is 23.9. The molecule has 1 aromatic rings. The first-order valence-electron chi connectivity index (χ1n) is 13.5. The number of hydrogen-bond donors (Lipinski definition) is 1. The molecule has 5 rings (SSSR count). The van der Waals surface area contributed by atoms with Gasteiger partial charge in [0.1, 0.15) is 6.10 Å². The number of rotatable bonds is 6. The molecule has 4 fully saturated rings. The highest BCUT2D eigenvalue weighted by atomic mass is 16.6. The van der Waals surface area contributed by atoms with E-state index in [0.29, 0.717) is 30.3 Å². The molecule has 0 aromatic heterocycles. The molecule has 2 saturated heterocycles. The number of allylic oxidation sites excluding steroid dienone is 1. The molecule has 34 heavy (non-hydrogen) atoms. The number of carbonyl (C=O) groups excluding carboxylic acids is 1. The van der Waals surface area contributed by atoms with Crippen LogP contribution in [0.2, 0.25) is 0 Å². The van der Waals surface area contributed by atoms with E-state index in [9.17, 15) is 4.79 Å². The van der Waals surface area contributed by atoms with Crippen LogP contribution in [-0.2, 0) is 20.7 Å². The van der Waals surface area contributed by atoms with Gasteiger partial charge < -0.3 is 14.8 Å². The molecule has 1 N–H and O–H groups in total. The molecule has 0 radical (unpaired) electrons. The van der Waals surface area contributed by atoms with Crippen molar-refractivity contribution in [3.05, 3.63) is 48.0 Å². The lowest BCUT2D eigenvalue weighted by molar-refractivity contribution is -0.146. The van der Waals surface area contributed by atoms with Crippen LogP contribution in [0, 0.1) is 29.1 Å². The lowest BCUT2D eigenvalue weighted by atomic mass is 9.55. The molecule has 1 aromatic carbocycles. The van der Waals surface area contributed by atoms with Crippen molar-refractivity contribution in [1.29, 1.82) is 0 Å². The second-order valence-corrected chi connectivity index (χ2v) is 12.5. The molecule has 7 atom stereocenters. The number of benzene rings is 1. The fraction of sp³-hybridized carbons (Fsp3) is 0.700. The molecule has 4 nitrogen and oxygen atoms in total. The summed E-state index contributed by atoms with van der Waals surface area (Å²) in [4.78, 5) is 13.1. The third-order valence-electron chi connectivity index (χ3n) is 9.52. The Kier molecular flexibility index (Phi) is 6.67. The van der Waals surface area contributed by atoms with Gasteiger partial charge in [-0.3, -0.25) is 4.79 Å². The number of esters is 1. The van der Waals surface area contributed by atoms with Crippen LogP contribution in [-0.4, -0.2) is 36.9 Å². The maximum atomic E-state index is 13.1. The van der Waals surface area contributed by atoms with Gasteiger partial charge in [0.2, 0.25) is 0 Å². The van der Waals surface area contributed by atoms with Crippen LogP contribution in [0.15, 0.2) is 42.5 Å². The average molecular weight is 466 g/mol. The van der Waals surface area contributed by atoms with Crippen LogP contribution in [0.5, 0.6) is 0 Å². The van der Waals surface area contributed by atoms with Gasteiger partial charge >= 0.3 is 5.97 Å². The van der Waals surface area contributed by atoms with Gasteiger partial charge in [-0.1, -0.05) is 49.4 Å². The lowest BCUT2D eigenvalue weighted by Gasteiger charge is -2.50. The van der Waals surface area contributed by atoms with Gasteiger partial charge in [0.05, 0.1) is 11.5 Å². The number of hydrogen-bond acceptors (Lipinski definition) is 4. The summed E-state index contributed by atoms with van der Waals surface area (Å²) >= 11 is 0. The minimum atomic E-state index is -0.0912. The fourth-order valence-corrected chi connectivity index (χ4v) is 7.66. The van der Waals surface area contributed by atoms with Crippen LogP contribution < -0.4 is 5.32 Å². The second-order valence-electron chi connectivity index (χ2n) is 12.5. The minimum absolute atomic E-state index is 0.0149. The molecule has 0 spiro atoms. The van der Waals surface area contributed by atoms with Gasteiger partial charge in [0.15, 0.2) is 0 Å². The predicted octanol–water partition coefficient (Wildman–Crippen LogP) is 5.71. The van der Waals surface area contributed by atoms with Crippen molar-refractivity contribution in [3.8, 4) is 0 Å². The van der Waals surface area contributed by atoms with Crippen molar-refractivity contribution < 1.29 is 14.3 Å².